The zero-order chi connectivity index (χ0) is 12.1. The number of nitrogens with one attached hydrogen (secondary N) is 1. The van der Waals surface area contributed by atoms with Gasteiger partial charge >= 0.3 is 5.97 Å². The highest BCUT2D eigenvalue weighted by atomic mass is 32.1. The number of carboxylic acid groups (broad SMARTS) is 1. The highest BCUT2D eigenvalue weighted by Crippen LogP contribution is 2.17. The van der Waals surface area contributed by atoms with Crippen LogP contribution in [0.5, 0.6) is 0 Å². The first-order valence-electron chi connectivity index (χ1n) is 5.86. The van der Waals surface area contributed by atoms with Crippen LogP contribution in [0.4, 0.5) is 0 Å². The molecule has 0 spiro atoms. The lowest BCUT2D eigenvalue weighted by Gasteiger charge is -2.22. The van der Waals surface area contributed by atoms with Crippen LogP contribution in [-0.4, -0.2) is 30.8 Å². The lowest BCUT2D eigenvalue weighted by molar-refractivity contribution is 0.0662. The van der Waals surface area contributed by atoms with E-state index in [1.807, 2.05) is 6.07 Å². The molecule has 2 rings (SSSR count). The van der Waals surface area contributed by atoms with Gasteiger partial charge in [0.15, 0.2) is 0 Å². The van der Waals surface area contributed by atoms with Crippen molar-refractivity contribution in [3.8, 4) is 0 Å². The molecular formula is C12H17NO3S. The smallest absolute Gasteiger partial charge is 0.345 e. The van der Waals surface area contributed by atoms with Gasteiger partial charge in [0.2, 0.25) is 0 Å². The molecular weight excluding hydrogens is 238 g/mol. The molecule has 1 aromatic heterocycles. The van der Waals surface area contributed by atoms with Gasteiger partial charge in [-0.2, -0.15) is 0 Å². The van der Waals surface area contributed by atoms with Gasteiger partial charge in [0.1, 0.15) is 4.88 Å². The number of rotatable bonds is 5. The Balaban J connectivity index is 1.71. The van der Waals surface area contributed by atoms with Crippen molar-refractivity contribution in [3.05, 3.63) is 21.9 Å². The SMILES string of the molecule is O=C(O)c1ccc(CNCC2CCOCC2)s1. The van der Waals surface area contributed by atoms with Gasteiger partial charge in [-0.3, -0.25) is 0 Å². The van der Waals surface area contributed by atoms with Crippen molar-refractivity contribution in [1.82, 2.24) is 5.32 Å². The Morgan fingerprint density at radius 2 is 2.24 bits per heavy atom. The molecule has 5 heteroatoms. The summed E-state index contributed by atoms with van der Waals surface area (Å²) >= 11 is 1.34. The molecule has 1 aromatic rings. The summed E-state index contributed by atoms with van der Waals surface area (Å²) in [4.78, 5) is 12.2. The minimum Gasteiger partial charge on any atom is -0.477 e. The minimum absolute atomic E-state index is 0.410. The highest BCUT2D eigenvalue weighted by Gasteiger charge is 2.13. The second-order valence-corrected chi connectivity index (χ2v) is 5.43. The van der Waals surface area contributed by atoms with E-state index in [0.29, 0.717) is 10.8 Å². The van der Waals surface area contributed by atoms with Crippen molar-refractivity contribution in [2.45, 2.75) is 19.4 Å². The van der Waals surface area contributed by atoms with Gasteiger partial charge in [0.05, 0.1) is 0 Å². The largest absolute Gasteiger partial charge is 0.477 e. The summed E-state index contributed by atoms with van der Waals surface area (Å²) in [5, 5.41) is 12.2. The molecule has 0 atom stereocenters. The van der Waals surface area contributed by atoms with Crippen molar-refractivity contribution >= 4 is 17.3 Å². The summed E-state index contributed by atoms with van der Waals surface area (Å²) in [5.74, 6) is -0.145. The zero-order valence-corrected chi connectivity index (χ0v) is 10.5. The molecule has 0 unspecified atom stereocenters. The van der Waals surface area contributed by atoms with Crippen LogP contribution >= 0.6 is 11.3 Å². The van der Waals surface area contributed by atoms with E-state index in [-0.39, 0.29) is 0 Å². The zero-order valence-electron chi connectivity index (χ0n) is 9.65. The van der Waals surface area contributed by atoms with Gasteiger partial charge in [0, 0.05) is 24.6 Å². The first kappa shape index (κ1) is 12.5. The van der Waals surface area contributed by atoms with E-state index < -0.39 is 5.97 Å². The van der Waals surface area contributed by atoms with E-state index in [0.717, 1.165) is 44.0 Å². The summed E-state index contributed by atoms with van der Waals surface area (Å²) in [6.45, 7) is 3.49. The molecule has 2 N–H and O–H groups in total. The van der Waals surface area contributed by atoms with Gasteiger partial charge in [0.25, 0.3) is 0 Å². The van der Waals surface area contributed by atoms with Crippen LogP contribution in [0.1, 0.15) is 27.4 Å². The normalized spacial score (nSPS) is 17.2. The van der Waals surface area contributed by atoms with Crippen molar-refractivity contribution in [3.63, 3.8) is 0 Å². The second-order valence-electron chi connectivity index (χ2n) is 4.26. The van der Waals surface area contributed by atoms with Crippen LogP contribution in [0.25, 0.3) is 0 Å². The topological polar surface area (TPSA) is 58.6 Å². The maximum Gasteiger partial charge on any atom is 0.345 e. The Bertz CT molecular complexity index is 372. The Morgan fingerprint density at radius 1 is 1.47 bits per heavy atom. The van der Waals surface area contributed by atoms with Crippen molar-refractivity contribution < 1.29 is 14.6 Å². The number of carbonyl (C=O) groups is 1. The summed E-state index contributed by atoms with van der Waals surface area (Å²) in [6.07, 6.45) is 2.25. The molecule has 0 bridgehead atoms. The maximum absolute atomic E-state index is 10.7. The number of hydrogen-bond acceptors (Lipinski definition) is 4. The second kappa shape index (κ2) is 6.14. The molecule has 1 aliphatic rings. The predicted molar refractivity (Wildman–Crippen MR) is 66.5 cm³/mol. The molecule has 0 aromatic carbocycles. The molecule has 2 heterocycles. The fourth-order valence-electron chi connectivity index (χ4n) is 1.94. The van der Waals surface area contributed by atoms with Crippen LogP contribution < -0.4 is 5.32 Å². The van der Waals surface area contributed by atoms with E-state index in [4.69, 9.17) is 9.84 Å². The molecule has 0 saturated carbocycles. The Hall–Kier alpha value is -0.910. The minimum atomic E-state index is -0.842. The number of hydrogen-bond donors (Lipinski definition) is 2. The summed E-state index contributed by atoms with van der Waals surface area (Å²) in [7, 11) is 0. The molecule has 94 valence electrons. The van der Waals surface area contributed by atoms with Crippen LogP contribution in [0.2, 0.25) is 0 Å². The summed E-state index contributed by atoms with van der Waals surface area (Å²) in [5.41, 5.74) is 0. The standard InChI is InChI=1S/C12H17NO3S/c14-12(15)11-2-1-10(17-11)8-13-7-9-3-5-16-6-4-9/h1-2,9,13H,3-8H2,(H,14,15). The number of carboxylic acids is 1. The fourth-order valence-corrected chi connectivity index (χ4v) is 2.75. The van der Waals surface area contributed by atoms with Crippen LogP contribution in [-0.2, 0) is 11.3 Å². The Kier molecular flexibility index (Phi) is 4.53. The average Bonchev–Trinajstić information content (AvgIpc) is 2.79. The molecule has 1 aliphatic heterocycles. The molecule has 1 fully saturated rings. The van der Waals surface area contributed by atoms with E-state index in [2.05, 4.69) is 5.32 Å². The molecule has 1 saturated heterocycles. The quantitative estimate of drug-likeness (QED) is 0.844. The third kappa shape index (κ3) is 3.80. The number of aromatic carboxylic acids is 1. The van der Waals surface area contributed by atoms with Gasteiger partial charge in [-0.1, -0.05) is 0 Å². The van der Waals surface area contributed by atoms with Crippen molar-refractivity contribution in [2.75, 3.05) is 19.8 Å². The summed E-state index contributed by atoms with van der Waals surface area (Å²) in [6, 6.07) is 3.55. The van der Waals surface area contributed by atoms with Crippen LogP contribution in [0, 0.1) is 5.92 Å². The molecule has 0 amide bonds. The van der Waals surface area contributed by atoms with Crippen molar-refractivity contribution in [2.24, 2.45) is 5.92 Å². The lowest BCUT2D eigenvalue weighted by Crippen LogP contribution is -2.27. The van der Waals surface area contributed by atoms with E-state index in [9.17, 15) is 4.79 Å². The third-order valence-corrected chi connectivity index (χ3v) is 4.02. The number of thiophene rings is 1. The maximum atomic E-state index is 10.7. The first-order chi connectivity index (χ1) is 8.25. The molecule has 0 radical (unpaired) electrons. The monoisotopic (exact) mass is 255 g/mol. The lowest BCUT2D eigenvalue weighted by atomic mass is 10.0. The fraction of sp³-hybridized carbons (Fsp3) is 0.583. The Labute approximate surface area is 105 Å². The third-order valence-electron chi connectivity index (χ3n) is 2.95. The average molecular weight is 255 g/mol. The highest BCUT2D eigenvalue weighted by molar-refractivity contribution is 7.13. The summed E-state index contributed by atoms with van der Waals surface area (Å²) < 4.78 is 5.30. The molecule has 0 aliphatic carbocycles. The molecule has 17 heavy (non-hydrogen) atoms. The van der Waals surface area contributed by atoms with E-state index in [1.54, 1.807) is 6.07 Å². The van der Waals surface area contributed by atoms with E-state index >= 15 is 0 Å². The van der Waals surface area contributed by atoms with Gasteiger partial charge in [-0.05, 0) is 37.4 Å². The van der Waals surface area contributed by atoms with Crippen molar-refractivity contribution in [1.29, 1.82) is 0 Å². The van der Waals surface area contributed by atoms with E-state index in [1.165, 1.54) is 11.3 Å². The molecule has 4 nitrogen and oxygen atoms in total. The predicted octanol–water partition coefficient (Wildman–Crippen LogP) is 1.96. The van der Waals surface area contributed by atoms with Gasteiger partial charge in [-0.15, -0.1) is 11.3 Å². The first-order valence-corrected chi connectivity index (χ1v) is 6.68. The van der Waals surface area contributed by atoms with Crippen LogP contribution in [0.3, 0.4) is 0 Å². The Morgan fingerprint density at radius 3 is 2.88 bits per heavy atom. The van der Waals surface area contributed by atoms with Gasteiger partial charge in [-0.25, -0.2) is 4.79 Å². The van der Waals surface area contributed by atoms with Crippen LogP contribution in [0.15, 0.2) is 12.1 Å². The van der Waals surface area contributed by atoms with Gasteiger partial charge < -0.3 is 15.2 Å². The number of ether oxygens (including phenoxy) is 1.